The number of primary amides is 1. The van der Waals surface area contributed by atoms with Gasteiger partial charge in [-0.05, 0) is 86.6 Å². The monoisotopic (exact) mass is 1260 g/mol. The predicted octanol–water partition coefficient (Wildman–Crippen LogP) is 3.80. The van der Waals surface area contributed by atoms with E-state index in [0.29, 0.717) is 30.4 Å². The number of ether oxygens (including phenoxy) is 1. The van der Waals surface area contributed by atoms with Gasteiger partial charge in [-0.2, -0.15) is 0 Å². The summed E-state index contributed by atoms with van der Waals surface area (Å²) in [7, 11) is -5.56. The summed E-state index contributed by atoms with van der Waals surface area (Å²) >= 11 is 8.45. The number of fused-ring (bicyclic) bond motifs is 2. The topological polar surface area (TPSA) is 349 Å². The molecule has 0 saturated carbocycles. The fraction of sp³-hybridized carbons (Fsp3) is 0.500. The van der Waals surface area contributed by atoms with Crippen LogP contribution < -0.4 is 37.1 Å². The molecule has 4 aliphatic rings. The summed E-state index contributed by atoms with van der Waals surface area (Å²) in [5.74, 6) is -4.83. The van der Waals surface area contributed by atoms with Gasteiger partial charge < -0.3 is 66.6 Å². The van der Waals surface area contributed by atoms with Crippen LogP contribution in [0.25, 0.3) is 10.6 Å². The first-order chi connectivity index (χ1) is 41.0. The largest absolute Gasteiger partial charge is 0.490 e. The van der Waals surface area contributed by atoms with Crippen LogP contribution >= 0.6 is 30.5 Å². The van der Waals surface area contributed by atoms with E-state index >= 15 is 0 Å². The third-order valence-corrected chi connectivity index (χ3v) is 18.8. The molecule has 0 spiro atoms. The van der Waals surface area contributed by atoms with E-state index in [1.165, 1.54) is 27.7 Å². The maximum atomic E-state index is 14.8. The van der Waals surface area contributed by atoms with Crippen LogP contribution in [-0.4, -0.2) is 161 Å². The van der Waals surface area contributed by atoms with Crippen molar-refractivity contribution >= 4 is 89.0 Å². The molecule has 1 aromatic heterocycles. The standard InChI is InChI=1S/C60H76ClN10O14PS/c1-33-32-87-54(63-33)38-19-17-36(18-20-38)34(2)64-53(77)46-27-42(73)29-70(46)56(79)51(59(4,5)6)67-49(75)16-10-13-37-12-9-15-47(50(37)61)85-31-40(21-24-48(62)74)65-52(76)45-23-22-41-25-26-69(35(3)72)30-44(55(78)71(41)45)66-57(80)60(58(81)86(82,83)84)28-39-11-7-8-14-43(39)68-60/h7-9,11-12,14-15,17-20,32,34,40-42,44-46,51,68,73H,10,13,16,21-31H2,1-6H3,(H2,62,74)(H,64,77)(H,65,76)(H,66,80)(H,67,75)(H2,82,83,84)/t34-,40-,41+,42+,44-,45-,46-,51+,60?/m0/s1. The molecule has 27 heteroatoms. The maximum absolute atomic E-state index is 14.8. The number of thiazole rings is 1. The van der Waals surface area contributed by atoms with E-state index in [4.69, 9.17) is 22.1 Å². The Morgan fingerprint density at radius 2 is 1.64 bits per heavy atom. The van der Waals surface area contributed by atoms with E-state index in [9.17, 15) is 62.6 Å². The van der Waals surface area contributed by atoms with E-state index in [1.807, 2.05) is 43.5 Å². The number of nitrogens with zero attached hydrogens (tertiary/aromatic N) is 4. The number of aromatic nitrogens is 1. The Morgan fingerprint density at radius 1 is 0.931 bits per heavy atom. The van der Waals surface area contributed by atoms with E-state index < -0.39 is 126 Å². The molecule has 9 atom stereocenters. The zero-order chi connectivity index (χ0) is 63.3. The number of aliphatic hydroxyl groups excluding tert-OH is 1. The first-order valence-electron chi connectivity index (χ1n) is 29.0. The first kappa shape index (κ1) is 65.7. The fourth-order valence-corrected chi connectivity index (χ4v) is 13.5. The van der Waals surface area contributed by atoms with Crippen LogP contribution in [0.15, 0.2) is 72.1 Å². The number of carbonyl (C=O) groups excluding carboxylic acids is 9. The number of carbonyl (C=O) groups is 9. The van der Waals surface area contributed by atoms with Crippen molar-refractivity contribution in [1.82, 2.24) is 41.0 Å². The molecule has 87 heavy (non-hydrogen) atoms. The minimum atomic E-state index is -5.56. The molecule has 3 fully saturated rings. The lowest BCUT2D eigenvalue weighted by atomic mass is 9.85. The normalized spacial score (nSPS) is 22.1. The van der Waals surface area contributed by atoms with Gasteiger partial charge in [0, 0.05) is 80.6 Å². The molecule has 0 aliphatic carbocycles. The third kappa shape index (κ3) is 15.5. The number of hydrogen-bond donors (Lipinski definition) is 9. The van der Waals surface area contributed by atoms with Crippen molar-refractivity contribution < 1.29 is 67.3 Å². The summed E-state index contributed by atoms with van der Waals surface area (Å²) in [6.07, 6.45) is -0.189. The van der Waals surface area contributed by atoms with Gasteiger partial charge in [0.25, 0.3) is 11.4 Å². The Bertz CT molecular complexity index is 3310. The van der Waals surface area contributed by atoms with Crippen molar-refractivity contribution in [2.45, 2.75) is 160 Å². The Balaban J connectivity index is 0.881. The van der Waals surface area contributed by atoms with Gasteiger partial charge in [-0.15, -0.1) is 11.3 Å². The van der Waals surface area contributed by atoms with Crippen LogP contribution in [0.2, 0.25) is 5.02 Å². The molecule has 1 unspecified atom stereocenters. The molecule has 0 radical (unpaired) electrons. The van der Waals surface area contributed by atoms with Crippen LogP contribution in [0.5, 0.6) is 5.75 Å². The predicted molar refractivity (Wildman–Crippen MR) is 323 cm³/mol. The molecular weight excluding hydrogens is 1180 g/mol. The number of nitrogens with one attached hydrogen (secondary N) is 5. The maximum Gasteiger partial charge on any atom is 0.394 e. The van der Waals surface area contributed by atoms with Crippen LogP contribution in [-0.2, 0) is 60.6 Å². The smallest absolute Gasteiger partial charge is 0.394 e. The molecule has 3 saturated heterocycles. The van der Waals surface area contributed by atoms with E-state index in [-0.39, 0.29) is 81.2 Å². The van der Waals surface area contributed by atoms with Crippen molar-refractivity contribution in [3.8, 4) is 16.3 Å². The summed E-state index contributed by atoms with van der Waals surface area (Å²) in [6.45, 7) is 9.89. The van der Waals surface area contributed by atoms with Crippen molar-refractivity contribution in [3.63, 3.8) is 0 Å². The van der Waals surface area contributed by atoms with Gasteiger partial charge in [0.2, 0.25) is 41.4 Å². The highest BCUT2D eigenvalue weighted by molar-refractivity contribution is 7.70. The second-order valence-electron chi connectivity index (χ2n) is 24.0. The second kappa shape index (κ2) is 27.4. The van der Waals surface area contributed by atoms with Gasteiger partial charge in [-0.3, -0.25) is 47.7 Å². The van der Waals surface area contributed by atoms with Crippen molar-refractivity contribution in [2.75, 3.05) is 31.6 Å². The molecule has 8 amide bonds. The number of anilines is 1. The molecule has 10 N–H and O–H groups in total. The Hall–Kier alpha value is -7.28. The molecule has 468 valence electrons. The lowest BCUT2D eigenvalue weighted by Crippen LogP contribution is -2.65. The number of halogens is 1. The van der Waals surface area contributed by atoms with Crippen LogP contribution in [0.1, 0.15) is 114 Å². The van der Waals surface area contributed by atoms with Crippen LogP contribution in [0, 0.1) is 12.3 Å². The van der Waals surface area contributed by atoms with Gasteiger partial charge in [-0.25, -0.2) is 4.98 Å². The SMILES string of the molecule is CC(=O)N1CC[C@H]2CC[C@@H](C(=O)N[C@@H](CCC(N)=O)COc3cccc(CCCC(=O)N[C@H](C(=O)N4C[C@H](O)C[C@H]4C(=O)N[C@@H](C)c4ccc(-c5nc(C)cs5)cc4)C(C)(C)C)c3Cl)N2C(=O)[C@@H](NC(=O)C2(C(=O)P(=O)(O)O)Cc3ccccc3N2)C1. The molecule has 8 rings (SSSR count). The van der Waals surface area contributed by atoms with Gasteiger partial charge in [0.1, 0.15) is 41.5 Å². The van der Waals surface area contributed by atoms with Crippen molar-refractivity contribution in [3.05, 3.63) is 99.5 Å². The lowest BCUT2D eigenvalue weighted by molar-refractivity contribution is -0.147. The van der Waals surface area contributed by atoms with Crippen LogP contribution in [0.3, 0.4) is 0 Å². The number of amides is 8. The number of benzene rings is 3. The number of hydrogen-bond acceptors (Lipinski definition) is 15. The van der Waals surface area contributed by atoms with E-state index in [1.54, 1.807) is 68.5 Å². The summed E-state index contributed by atoms with van der Waals surface area (Å²) in [4.78, 5) is 153. The highest BCUT2D eigenvalue weighted by Crippen LogP contribution is 2.46. The highest BCUT2D eigenvalue weighted by atomic mass is 35.5. The molecule has 3 aromatic carbocycles. The van der Waals surface area contributed by atoms with Gasteiger partial charge >= 0.3 is 7.60 Å². The van der Waals surface area contributed by atoms with E-state index in [2.05, 4.69) is 31.6 Å². The number of nitrogens with two attached hydrogens (primary N) is 1. The molecule has 0 bridgehead atoms. The molecule has 24 nitrogen and oxygen atoms in total. The zero-order valence-corrected chi connectivity index (χ0v) is 51.8. The summed E-state index contributed by atoms with van der Waals surface area (Å²) in [5.41, 5.74) is 4.54. The molecule has 4 aliphatic heterocycles. The Labute approximate surface area is 513 Å². The highest BCUT2D eigenvalue weighted by Gasteiger charge is 2.57. The average molecular weight is 1260 g/mol. The van der Waals surface area contributed by atoms with Crippen LogP contribution in [0.4, 0.5) is 5.69 Å². The van der Waals surface area contributed by atoms with E-state index in [0.717, 1.165) is 21.8 Å². The van der Waals surface area contributed by atoms with Gasteiger partial charge in [0.05, 0.1) is 23.2 Å². The van der Waals surface area contributed by atoms with Crippen molar-refractivity contribution in [2.24, 2.45) is 11.1 Å². The summed E-state index contributed by atoms with van der Waals surface area (Å²) in [6, 6.07) is 12.5. The van der Waals surface area contributed by atoms with Gasteiger partial charge in [0.15, 0.2) is 5.54 Å². The molecule has 4 aromatic rings. The number of aryl methyl sites for hydroxylation is 2. The molecule has 5 heterocycles. The third-order valence-electron chi connectivity index (χ3n) is 16.4. The lowest BCUT2D eigenvalue weighted by Gasteiger charge is -2.39. The zero-order valence-electron chi connectivity index (χ0n) is 49.4. The van der Waals surface area contributed by atoms with Gasteiger partial charge in [-0.1, -0.05) is 87.0 Å². The minimum absolute atomic E-state index is 0.0137. The number of aliphatic hydroxyl groups is 1. The average Bonchev–Trinajstić information content (AvgIpc) is 1.80. The molecular formula is C60H76ClN10O14PS. The Kier molecular flexibility index (Phi) is 20.7. The quantitative estimate of drug-likeness (QED) is 0.0399. The number of β-amino-alcohol motifs (C(OH)–C–C–N with tert-alkyl or cyclic N) is 1. The summed E-state index contributed by atoms with van der Waals surface area (Å²) in [5, 5.41) is 27.9. The summed E-state index contributed by atoms with van der Waals surface area (Å²) < 4.78 is 18.7. The number of rotatable bonds is 22. The second-order valence-corrected chi connectivity index (χ2v) is 26.7. The number of para-hydroxylation sites is 1. The van der Waals surface area contributed by atoms with Crippen molar-refractivity contribution in [1.29, 1.82) is 0 Å². The Morgan fingerprint density at radius 3 is 2.30 bits per heavy atom. The first-order valence-corrected chi connectivity index (χ1v) is 31.9. The fourth-order valence-electron chi connectivity index (χ4n) is 11.7. The number of likely N-dealkylation sites (tertiary alicyclic amines) is 1. The minimum Gasteiger partial charge on any atom is -0.490 e.